The normalized spacial score (nSPS) is 40.6. The van der Waals surface area contributed by atoms with E-state index in [1.807, 2.05) is 0 Å². The van der Waals surface area contributed by atoms with Gasteiger partial charge >= 0.3 is 0 Å². The van der Waals surface area contributed by atoms with Gasteiger partial charge in [-0.3, -0.25) is 4.79 Å². The molecule has 4 bridgehead atoms. The number of rotatable bonds is 1. The molecule has 0 unspecified atom stereocenters. The fourth-order valence-electron chi connectivity index (χ4n) is 6.77. The highest BCUT2D eigenvalue weighted by Crippen LogP contribution is 2.65. The monoisotopic (exact) mass is 325 g/mol. The third-order valence-corrected chi connectivity index (χ3v) is 9.37. The van der Waals surface area contributed by atoms with Crippen LogP contribution in [0.3, 0.4) is 0 Å². The summed E-state index contributed by atoms with van der Waals surface area (Å²) in [7, 11) is -1.48. The van der Waals surface area contributed by atoms with Crippen molar-refractivity contribution in [3.8, 4) is 0 Å². The predicted octanol–water partition coefficient (Wildman–Crippen LogP) is 3.88. The lowest BCUT2D eigenvalue weighted by Gasteiger charge is -2.59. The average molecular weight is 326 g/mol. The van der Waals surface area contributed by atoms with E-state index < -0.39 is 8.07 Å². The Balaban J connectivity index is 1.76. The van der Waals surface area contributed by atoms with Crippen LogP contribution in [-0.4, -0.2) is 14.0 Å². The van der Waals surface area contributed by atoms with E-state index in [1.165, 1.54) is 42.9 Å². The van der Waals surface area contributed by atoms with Crippen molar-refractivity contribution in [1.29, 1.82) is 0 Å². The maximum atomic E-state index is 13.3. The van der Waals surface area contributed by atoms with Gasteiger partial charge in [-0.2, -0.15) is 0 Å². The van der Waals surface area contributed by atoms with Gasteiger partial charge in [0.1, 0.15) is 0 Å². The second-order valence-corrected chi connectivity index (χ2v) is 14.6. The zero-order valence-corrected chi connectivity index (χ0v) is 15.5. The number of carbonyl (C=O) groups excluding carboxylic acids is 1. The standard InChI is InChI=1S/C20H27NOSi/c1-23(2,3)17-6-4-5-16-18(17)20(19(22)21-16)14-8-12-7-13(10-14)11-15(20)9-12/h4-6,12-15H,7-11H2,1-3H3,(H,21,22). The molecule has 1 N–H and O–H groups in total. The van der Waals surface area contributed by atoms with Gasteiger partial charge in [-0.05, 0) is 67.4 Å². The fourth-order valence-corrected chi connectivity index (χ4v) is 8.46. The molecule has 1 amide bonds. The van der Waals surface area contributed by atoms with E-state index in [1.54, 1.807) is 0 Å². The first-order valence-electron chi connectivity index (χ1n) is 9.36. The summed E-state index contributed by atoms with van der Waals surface area (Å²) in [6.07, 6.45) is 6.60. The summed E-state index contributed by atoms with van der Waals surface area (Å²) < 4.78 is 0. The molecule has 4 fully saturated rings. The van der Waals surface area contributed by atoms with Gasteiger partial charge < -0.3 is 5.32 Å². The van der Waals surface area contributed by atoms with E-state index in [2.05, 4.69) is 43.2 Å². The Bertz CT molecular complexity index is 674. The van der Waals surface area contributed by atoms with Crippen molar-refractivity contribution in [2.24, 2.45) is 23.7 Å². The summed E-state index contributed by atoms with van der Waals surface area (Å²) in [5.74, 6) is 3.33. The first-order valence-corrected chi connectivity index (χ1v) is 12.9. The molecule has 122 valence electrons. The summed E-state index contributed by atoms with van der Waals surface area (Å²) >= 11 is 0. The van der Waals surface area contributed by atoms with Gasteiger partial charge in [0.15, 0.2) is 0 Å². The SMILES string of the molecule is C[Si](C)(C)c1cccc2c1C1(C(=O)N2)C2CC3CC(C2)CC1C3. The minimum Gasteiger partial charge on any atom is -0.325 e. The van der Waals surface area contributed by atoms with Gasteiger partial charge in [-0.1, -0.05) is 37.0 Å². The third-order valence-electron chi connectivity index (χ3n) is 7.34. The first-order chi connectivity index (χ1) is 10.9. The molecule has 3 heteroatoms. The fraction of sp³-hybridized carbons (Fsp3) is 0.650. The second kappa shape index (κ2) is 4.30. The number of hydrogen-bond acceptors (Lipinski definition) is 1. The topological polar surface area (TPSA) is 29.1 Å². The van der Waals surface area contributed by atoms with Crippen molar-refractivity contribution in [3.05, 3.63) is 23.8 Å². The van der Waals surface area contributed by atoms with Crippen LogP contribution >= 0.6 is 0 Å². The predicted molar refractivity (Wildman–Crippen MR) is 96.8 cm³/mol. The summed E-state index contributed by atoms with van der Waals surface area (Å²) in [5.41, 5.74) is 2.40. The molecule has 0 saturated heterocycles. The van der Waals surface area contributed by atoms with Crippen molar-refractivity contribution in [1.82, 2.24) is 0 Å². The van der Waals surface area contributed by atoms with Crippen molar-refractivity contribution < 1.29 is 4.79 Å². The Kier molecular flexibility index (Phi) is 2.67. The number of nitrogens with one attached hydrogen (secondary N) is 1. The molecule has 4 aliphatic carbocycles. The van der Waals surface area contributed by atoms with Crippen LogP contribution < -0.4 is 10.5 Å². The number of anilines is 1. The van der Waals surface area contributed by atoms with E-state index in [0.717, 1.165) is 17.5 Å². The molecular formula is C20H27NOSi. The van der Waals surface area contributed by atoms with Gasteiger partial charge in [0.2, 0.25) is 5.91 Å². The third kappa shape index (κ3) is 1.67. The molecule has 1 aliphatic heterocycles. The van der Waals surface area contributed by atoms with E-state index in [9.17, 15) is 4.79 Å². The van der Waals surface area contributed by atoms with Crippen LogP contribution in [0, 0.1) is 23.7 Å². The number of carbonyl (C=O) groups is 1. The zero-order chi connectivity index (χ0) is 16.0. The van der Waals surface area contributed by atoms with Crippen LogP contribution in [0.1, 0.15) is 37.7 Å². The molecule has 1 heterocycles. The maximum Gasteiger partial charge on any atom is 0.235 e. The van der Waals surface area contributed by atoms with Crippen LogP contribution in [-0.2, 0) is 10.2 Å². The molecular weight excluding hydrogens is 298 g/mol. The summed E-state index contributed by atoms with van der Waals surface area (Å²) in [6, 6.07) is 6.64. The molecule has 0 atom stereocenters. The van der Waals surface area contributed by atoms with Crippen molar-refractivity contribution in [2.45, 2.75) is 57.2 Å². The van der Waals surface area contributed by atoms with Crippen molar-refractivity contribution >= 4 is 24.9 Å². The molecule has 23 heavy (non-hydrogen) atoms. The second-order valence-electron chi connectivity index (χ2n) is 9.61. The minimum absolute atomic E-state index is 0.181. The lowest BCUT2D eigenvalue weighted by atomic mass is 9.44. The van der Waals surface area contributed by atoms with Gasteiger partial charge in [0.25, 0.3) is 0 Å². The zero-order valence-electron chi connectivity index (χ0n) is 14.5. The van der Waals surface area contributed by atoms with Crippen molar-refractivity contribution in [2.75, 3.05) is 5.32 Å². The molecule has 6 rings (SSSR count). The first kappa shape index (κ1) is 14.3. The van der Waals surface area contributed by atoms with Crippen LogP contribution in [0.5, 0.6) is 0 Å². The van der Waals surface area contributed by atoms with Crippen LogP contribution in [0.2, 0.25) is 19.6 Å². The molecule has 1 aromatic rings. The molecule has 0 aromatic heterocycles. The Hall–Kier alpha value is -1.09. The van der Waals surface area contributed by atoms with E-state index in [4.69, 9.17) is 0 Å². The van der Waals surface area contributed by atoms with Crippen LogP contribution in [0.4, 0.5) is 5.69 Å². The highest BCUT2D eigenvalue weighted by Gasteiger charge is 2.65. The van der Waals surface area contributed by atoms with Gasteiger partial charge in [0, 0.05) is 5.69 Å². The Labute approximate surface area is 140 Å². The average Bonchev–Trinajstić information content (AvgIpc) is 2.75. The molecule has 4 saturated carbocycles. The summed E-state index contributed by atoms with van der Waals surface area (Å²) in [4.78, 5) is 13.3. The molecule has 2 nitrogen and oxygen atoms in total. The molecule has 0 radical (unpaired) electrons. The van der Waals surface area contributed by atoms with E-state index >= 15 is 0 Å². The largest absolute Gasteiger partial charge is 0.325 e. The Morgan fingerprint density at radius 3 is 2.17 bits per heavy atom. The number of benzene rings is 1. The van der Waals surface area contributed by atoms with Crippen molar-refractivity contribution in [3.63, 3.8) is 0 Å². The van der Waals surface area contributed by atoms with Gasteiger partial charge in [0.05, 0.1) is 13.5 Å². The lowest BCUT2D eigenvalue weighted by molar-refractivity contribution is -0.137. The van der Waals surface area contributed by atoms with Gasteiger partial charge in [-0.15, -0.1) is 0 Å². The number of hydrogen-bond donors (Lipinski definition) is 1. The number of amides is 1. The summed E-state index contributed by atoms with van der Waals surface area (Å²) in [6.45, 7) is 7.28. The Morgan fingerprint density at radius 1 is 1.00 bits per heavy atom. The molecule has 5 aliphatic rings. The van der Waals surface area contributed by atoms with E-state index in [-0.39, 0.29) is 5.41 Å². The Morgan fingerprint density at radius 2 is 1.61 bits per heavy atom. The molecule has 1 spiro atoms. The highest BCUT2D eigenvalue weighted by molar-refractivity contribution is 6.89. The van der Waals surface area contributed by atoms with E-state index in [0.29, 0.717) is 17.7 Å². The van der Waals surface area contributed by atoms with Gasteiger partial charge in [-0.25, -0.2) is 0 Å². The summed E-state index contributed by atoms with van der Waals surface area (Å²) in [5, 5.41) is 4.84. The van der Waals surface area contributed by atoms with Crippen LogP contribution in [0.15, 0.2) is 18.2 Å². The molecule has 1 aromatic carbocycles. The quantitative estimate of drug-likeness (QED) is 0.780. The smallest absolute Gasteiger partial charge is 0.235 e. The maximum absolute atomic E-state index is 13.3. The lowest BCUT2D eigenvalue weighted by Crippen LogP contribution is -2.61. The number of fused-ring (bicyclic) bond motifs is 1. The highest BCUT2D eigenvalue weighted by atomic mass is 28.3. The van der Waals surface area contributed by atoms with Crippen LogP contribution in [0.25, 0.3) is 0 Å². The minimum atomic E-state index is -1.48.